The van der Waals surface area contributed by atoms with E-state index in [0.29, 0.717) is 18.9 Å². The molecule has 2 atom stereocenters. The molecule has 0 amide bonds. The van der Waals surface area contributed by atoms with Crippen molar-refractivity contribution in [1.29, 1.82) is 0 Å². The van der Waals surface area contributed by atoms with Gasteiger partial charge in [0.1, 0.15) is 5.75 Å². The van der Waals surface area contributed by atoms with Crippen LogP contribution >= 0.6 is 0 Å². The maximum Gasteiger partial charge on any atom is 0.124 e. The van der Waals surface area contributed by atoms with Gasteiger partial charge in [-0.3, -0.25) is 0 Å². The van der Waals surface area contributed by atoms with E-state index in [4.69, 9.17) is 10.5 Å². The van der Waals surface area contributed by atoms with Crippen molar-refractivity contribution in [1.82, 2.24) is 0 Å². The third-order valence-corrected chi connectivity index (χ3v) is 4.02. The number of hydrogen-bond acceptors (Lipinski definition) is 3. The molecule has 0 spiro atoms. The SMILES string of the molecule is CCOc1ccc2ccccc2c1[C@H](N)[C@H](O)CCC(C)C. The molecule has 0 aliphatic carbocycles. The van der Waals surface area contributed by atoms with Gasteiger partial charge in [-0.25, -0.2) is 0 Å². The molecular formula is C19H27NO2. The molecule has 0 aliphatic heterocycles. The molecule has 0 heterocycles. The summed E-state index contributed by atoms with van der Waals surface area (Å²) >= 11 is 0. The van der Waals surface area contributed by atoms with Crippen LogP contribution in [-0.4, -0.2) is 17.8 Å². The van der Waals surface area contributed by atoms with E-state index in [1.165, 1.54) is 0 Å². The van der Waals surface area contributed by atoms with E-state index in [1.54, 1.807) is 0 Å². The number of benzene rings is 2. The van der Waals surface area contributed by atoms with Crippen molar-refractivity contribution in [3.63, 3.8) is 0 Å². The summed E-state index contributed by atoms with van der Waals surface area (Å²) in [5.74, 6) is 1.33. The van der Waals surface area contributed by atoms with Crippen LogP contribution < -0.4 is 10.5 Å². The molecule has 3 nitrogen and oxygen atoms in total. The Hall–Kier alpha value is -1.58. The van der Waals surface area contributed by atoms with Crippen LogP contribution in [0.15, 0.2) is 36.4 Å². The second-order valence-corrected chi connectivity index (χ2v) is 6.20. The Kier molecular flexibility index (Phi) is 5.81. The standard InChI is InChI=1S/C19H27NO2/c1-4-22-17-12-10-14-7-5-6-8-15(14)18(17)19(20)16(21)11-9-13(2)3/h5-8,10,12-13,16,19,21H,4,9,11,20H2,1-3H3/t16-,19-/m1/s1. The maximum atomic E-state index is 10.5. The van der Waals surface area contributed by atoms with Crippen molar-refractivity contribution in [2.45, 2.75) is 45.8 Å². The van der Waals surface area contributed by atoms with Crippen LogP contribution in [0.2, 0.25) is 0 Å². The molecule has 2 aromatic carbocycles. The van der Waals surface area contributed by atoms with E-state index < -0.39 is 12.1 Å². The van der Waals surface area contributed by atoms with Crippen molar-refractivity contribution in [3.05, 3.63) is 42.0 Å². The lowest BCUT2D eigenvalue weighted by Gasteiger charge is -2.24. The summed E-state index contributed by atoms with van der Waals surface area (Å²) in [6.07, 6.45) is 1.10. The summed E-state index contributed by atoms with van der Waals surface area (Å²) in [5, 5.41) is 12.7. The second-order valence-electron chi connectivity index (χ2n) is 6.20. The summed E-state index contributed by atoms with van der Waals surface area (Å²) in [4.78, 5) is 0. The molecule has 2 aromatic rings. The minimum Gasteiger partial charge on any atom is -0.494 e. The van der Waals surface area contributed by atoms with Crippen LogP contribution in [-0.2, 0) is 0 Å². The quantitative estimate of drug-likeness (QED) is 0.811. The number of rotatable bonds is 7. The highest BCUT2D eigenvalue weighted by atomic mass is 16.5. The summed E-state index contributed by atoms with van der Waals surface area (Å²) in [6, 6.07) is 11.7. The highest BCUT2D eigenvalue weighted by Crippen LogP contribution is 2.34. The number of ether oxygens (including phenoxy) is 1. The summed E-state index contributed by atoms with van der Waals surface area (Å²) in [5.41, 5.74) is 7.31. The lowest BCUT2D eigenvalue weighted by molar-refractivity contribution is 0.127. The molecule has 0 radical (unpaired) electrons. The predicted molar refractivity (Wildman–Crippen MR) is 92.1 cm³/mol. The third kappa shape index (κ3) is 3.79. The Balaban J connectivity index is 2.39. The van der Waals surface area contributed by atoms with Gasteiger partial charge in [0.25, 0.3) is 0 Å². The fourth-order valence-electron chi connectivity index (χ4n) is 2.78. The van der Waals surface area contributed by atoms with E-state index >= 15 is 0 Å². The molecule has 22 heavy (non-hydrogen) atoms. The van der Waals surface area contributed by atoms with Gasteiger partial charge in [-0.05, 0) is 42.5 Å². The lowest BCUT2D eigenvalue weighted by atomic mass is 9.91. The zero-order valence-electron chi connectivity index (χ0n) is 13.8. The smallest absolute Gasteiger partial charge is 0.124 e. The van der Waals surface area contributed by atoms with Crippen LogP contribution in [0, 0.1) is 5.92 Å². The fraction of sp³-hybridized carbons (Fsp3) is 0.474. The predicted octanol–water partition coefficient (Wildman–Crippen LogP) is 4.04. The molecule has 120 valence electrons. The average Bonchev–Trinajstić information content (AvgIpc) is 2.52. The van der Waals surface area contributed by atoms with Gasteiger partial charge in [0.2, 0.25) is 0 Å². The monoisotopic (exact) mass is 301 g/mol. The molecule has 0 fully saturated rings. The van der Waals surface area contributed by atoms with Gasteiger partial charge in [0.05, 0.1) is 18.8 Å². The van der Waals surface area contributed by atoms with Gasteiger partial charge in [0, 0.05) is 5.56 Å². The van der Waals surface area contributed by atoms with Crippen LogP contribution in [0.25, 0.3) is 10.8 Å². The first kappa shape index (κ1) is 16.8. The minimum atomic E-state index is -0.563. The molecule has 0 unspecified atom stereocenters. The molecule has 0 saturated carbocycles. The molecule has 3 heteroatoms. The van der Waals surface area contributed by atoms with E-state index in [0.717, 1.165) is 28.5 Å². The molecule has 0 aliphatic rings. The molecule has 2 rings (SSSR count). The third-order valence-electron chi connectivity index (χ3n) is 4.02. The van der Waals surface area contributed by atoms with Crippen LogP contribution in [0.4, 0.5) is 0 Å². The number of aliphatic hydroxyl groups excluding tert-OH is 1. The topological polar surface area (TPSA) is 55.5 Å². The van der Waals surface area contributed by atoms with Gasteiger partial charge in [-0.15, -0.1) is 0 Å². The Labute approximate surface area is 133 Å². The average molecular weight is 301 g/mol. The highest BCUT2D eigenvalue weighted by molar-refractivity contribution is 5.88. The first-order valence-electron chi connectivity index (χ1n) is 8.12. The summed E-state index contributed by atoms with van der Waals surface area (Å²) in [6.45, 7) is 6.85. The zero-order chi connectivity index (χ0) is 16.1. The highest BCUT2D eigenvalue weighted by Gasteiger charge is 2.23. The zero-order valence-corrected chi connectivity index (χ0v) is 13.8. The maximum absolute atomic E-state index is 10.5. The number of aliphatic hydroxyl groups is 1. The summed E-state index contributed by atoms with van der Waals surface area (Å²) < 4.78 is 5.75. The largest absolute Gasteiger partial charge is 0.494 e. The summed E-state index contributed by atoms with van der Waals surface area (Å²) in [7, 11) is 0. The Morgan fingerprint density at radius 1 is 1.09 bits per heavy atom. The van der Waals surface area contributed by atoms with E-state index in [-0.39, 0.29) is 0 Å². The molecular weight excluding hydrogens is 274 g/mol. The van der Waals surface area contributed by atoms with Crippen LogP contribution in [0.1, 0.15) is 45.2 Å². The second kappa shape index (κ2) is 7.61. The fourth-order valence-corrected chi connectivity index (χ4v) is 2.78. The van der Waals surface area contributed by atoms with Crippen molar-refractivity contribution in [2.24, 2.45) is 11.7 Å². The normalized spacial score (nSPS) is 14.3. The van der Waals surface area contributed by atoms with Crippen molar-refractivity contribution >= 4 is 10.8 Å². The van der Waals surface area contributed by atoms with Crippen molar-refractivity contribution in [3.8, 4) is 5.75 Å². The number of hydrogen-bond donors (Lipinski definition) is 2. The number of fused-ring (bicyclic) bond motifs is 1. The van der Waals surface area contributed by atoms with Gasteiger partial charge >= 0.3 is 0 Å². The minimum absolute atomic E-state index is 0.439. The number of nitrogens with two attached hydrogens (primary N) is 1. The first-order chi connectivity index (χ1) is 10.5. The van der Waals surface area contributed by atoms with Gasteiger partial charge < -0.3 is 15.6 Å². The van der Waals surface area contributed by atoms with Crippen LogP contribution in [0.5, 0.6) is 5.75 Å². The van der Waals surface area contributed by atoms with Crippen molar-refractivity contribution in [2.75, 3.05) is 6.61 Å². The molecule has 3 N–H and O–H groups in total. The first-order valence-corrected chi connectivity index (χ1v) is 8.12. The Bertz CT molecular complexity index is 609. The molecule has 0 aromatic heterocycles. The van der Waals surface area contributed by atoms with E-state index in [2.05, 4.69) is 19.9 Å². The van der Waals surface area contributed by atoms with Gasteiger partial charge in [-0.1, -0.05) is 44.2 Å². The van der Waals surface area contributed by atoms with Crippen LogP contribution in [0.3, 0.4) is 0 Å². The molecule has 0 saturated heterocycles. The van der Waals surface area contributed by atoms with E-state index in [9.17, 15) is 5.11 Å². The van der Waals surface area contributed by atoms with Gasteiger partial charge in [-0.2, -0.15) is 0 Å². The molecule has 0 bridgehead atoms. The van der Waals surface area contributed by atoms with Crippen molar-refractivity contribution < 1.29 is 9.84 Å². The van der Waals surface area contributed by atoms with E-state index in [1.807, 2.05) is 37.3 Å². The lowest BCUT2D eigenvalue weighted by Crippen LogP contribution is -2.27. The Morgan fingerprint density at radius 2 is 1.82 bits per heavy atom. The van der Waals surface area contributed by atoms with Gasteiger partial charge in [0.15, 0.2) is 0 Å². The Morgan fingerprint density at radius 3 is 2.50 bits per heavy atom.